The van der Waals surface area contributed by atoms with Gasteiger partial charge in [0.15, 0.2) is 0 Å². The van der Waals surface area contributed by atoms with E-state index in [-0.39, 0.29) is 43.8 Å². The highest BCUT2D eigenvalue weighted by molar-refractivity contribution is 7.92. The normalized spacial score (nSPS) is 12.8. The maximum Gasteiger partial charge on any atom is 0.243 e. The summed E-state index contributed by atoms with van der Waals surface area (Å²) in [5.74, 6) is -0.521. The molecule has 0 radical (unpaired) electrons. The van der Waals surface area contributed by atoms with Gasteiger partial charge in [-0.3, -0.25) is 13.9 Å². The zero-order valence-corrected chi connectivity index (χ0v) is 26.8. The minimum atomic E-state index is -3.65. The number of rotatable bonds is 14. The summed E-state index contributed by atoms with van der Waals surface area (Å²) in [5, 5.41) is 4.00. The van der Waals surface area contributed by atoms with Gasteiger partial charge in [0.2, 0.25) is 21.8 Å². The Labute approximate surface area is 259 Å². The topological polar surface area (TPSA) is 86.8 Å². The van der Waals surface area contributed by atoms with Gasteiger partial charge in [-0.25, -0.2) is 8.42 Å². The molecule has 0 bridgehead atoms. The lowest BCUT2D eigenvalue weighted by molar-refractivity contribution is -0.141. The van der Waals surface area contributed by atoms with Crippen molar-refractivity contribution < 1.29 is 18.0 Å². The molecule has 0 spiro atoms. The van der Waals surface area contributed by atoms with Crippen LogP contribution in [-0.4, -0.2) is 50.0 Å². The third-order valence-corrected chi connectivity index (χ3v) is 9.19. The van der Waals surface area contributed by atoms with Gasteiger partial charge in [-0.2, -0.15) is 0 Å². The van der Waals surface area contributed by atoms with Crippen molar-refractivity contribution in [1.29, 1.82) is 0 Å². The Morgan fingerprint density at radius 1 is 0.929 bits per heavy atom. The number of carbonyl (C=O) groups excluding carboxylic acids is 2. The average molecular weight is 633 g/mol. The zero-order chi connectivity index (χ0) is 30.9. The molecule has 0 aliphatic rings. The molecule has 0 aliphatic heterocycles. The number of amides is 2. The van der Waals surface area contributed by atoms with Crippen LogP contribution in [0.25, 0.3) is 0 Å². The van der Waals surface area contributed by atoms with E-state index in [4.69, 9.17) is 23.2 Å². The second-order valence-electron chi connectivity index (χ2n) is 10.5. The molecule has 0 aliphatic carbocycles. The Kier molecular flexibility index (Phi) is 12.3. The minimum Gasteiger partial charge on any atom is -0.352 e. The summed E-state index contributed by atoms with van der Waals surface area (Å²) in [6.45, 7) is 5.88. The molecule has 3 aromatic rings. The smallest absolute Gasteiger partial charge is 0.243 e. The van der Waals surface area contributed by atoms with Gasteiger partial charge in [0.25, 0.3) is 0 Å². The zero-order valence-electron chi connectivity index (χ0n) is 24.5. The van der Waals surface area contributed by atoms with Crippen LogP contribution in [0.1, 0.15) is 49.8 Å². The number of anilines is 1. The molecule has 3 rings (SSSR count). The SMILES string of the molecule is CC[C@@H](C)NC(=O)[C@@H](Cc1ccccc1)N(Cc1ccccc1Cl)C(=O)CCCN(c1cccc(Cl)c1C)S(C)(=O)=O. The van der Waals surface area contributed by atoms with Crippen LogP contribution < -0.4 is 9.62 Å². The molecule has 0 fully saturated rings. The van der Waals surface area contributed by atoms with E-state index in [1.165, 1.54) is 4.31 Å². The first-order valence-corrected chi connectivity index (χ1v) is 16.6. The average Bonchev–Trinajstić information content (AvgIpc) is 2.95. The molecule has 2 atom stereocenters. The molecule has 0 aromatic heterocycles. The summed E-state index contributed by atoms with van der Waals surface area (Å²) < 4.78 is 26.7. The molecule has 42 heavy (non-hydrogen) atoms. The number of hydrogen-bond donors (Lipinski definition) is 1. The van der Waals surface area contributed by atoms with Crippen molar-refractivity contribution >= 4 is 50.7 Å². The molecule has 226 valence electrons. The highest BCUT2D eigenvalue weighted by Gasteiger charge is 2.31. The Hall–Kier alpha value is -3.07. The number of sulfonamides is 1. The molecule has 10 heteroatoms. The van der Waals surface area contributed by atoms with Gasteiger partial charge in [-0.1, -0.05) is 84.7 Å². The first-order chi connectivity index (χ1) is 19.9. The van der Waals surface area contributed by atoms with E-state index in [2.05, 4.69) is 5.32 Å². The van der Waals surface area contributed by atoms with E-state index in [0.717, 1.165) is 18.2 Å². The summed E-state index contributed by atoms with van der Waals surface area (Å²) >= 11 is 12.8. The highest BCUT2D eigenvalue weighted by atomic mass is 35.5. The number of nitrogens with zero attached hydrogens (tertiary/aromatic N) is 2. The fourth-order valence-electron chi connectivity index (χ4n) is 4.65. The third-order valence-electron chi connectivity index (χ3n) is 7.23. The lowest BCUT2D eigenvalue weighted by Crippen LogP contribution is -2.52. The molecule has 0 saturated heterocycles. The van der Waals surface area contributed by atoms with Gasteiger partial charge in [0.05, 0.1) is 11.9 Å². The van der Waals surface area contributed by atoms with Gasteiger partial charge in [0, 0.05) is 42.0 Å². The summed E-state index contributed by atoms with van der Waals surface area (Å²) in [4.78, 5) is 29.2. The first-order valence-electron chi connectivity index (χ1n) is 14.0. The summed E-state index contributed by atoms with van der Waals surface area (Å²) in [5.41, 5.74) is 2.74. The number of benzene rings is 3. The molecule has 1 N–H and O–H groups in total. The predicted molar refractivity (Wildman–Crippen MR) is 171 cm³/mol. The van der Waals surface area contributed by atoms with Crippen LogP contribution in [0.3, 0.4) is 0 Å². The predicted octanol–water partition coefficient (Wildman–Crippen LogP) is 6.40. The van der Waals surface area contributed by atoms with Crippen LogP contribution in [0.2, 0.25) is 10.0 Å². The third kappa shape index (κ3) is 9.21. The van der Waals surface area contributed by atoms with Crippen molar-refractivity contribution in [3.63, 3.8) is 0 Å². The van der Waals surface area contributed by atoms with E-state index in [9.17, 15) is 18.0 Å². The van der Waals surface area contributed by atoms with Crippen LogP contribution in [0, 0.1) is 6.92 Å². The fraction of sp³-hybridized carbons (Fsp3) is 0.375. The second kappa shape index (κ2) is 15.4. The molecule has 0 saturated carbocycles. The number of hydrogen-bond acceptors (Lipinski definition) is 4. The maximum atomic E-state index is 14.0. The Morgan fingerprint density at radius 3 is 2.21 bits per heavy atom. The first kappa shape index (κ1) is 33.4. The van der Waals surface area contributed by atoms with E-state index in [0.29, 0.717) is 33.3 Å². The van der Waals surface area contributed by atoms with E-state index < -0.39 is 16.1 Å². The van der Waals surface area contributed by atoms with E-state index >= 15 is 0 Å². The van der Waals surface area contributed by atoms with Gasteiger partial charge in [-0.15, -0.1) is 0 Å². The maximum absolute atomic E-state index is 14.0. The van der Waals surface area contributed by atoms with Gasteiger partial charge < -0.3 is 10.2 Å². The van der Waals surface area contributed by atoms with Crippen LogP contribution in [0.15, 0.2) is 72.8 Å². The lowest BCUT2D eigenvalue weighted by Gasteiger charge is -2.33. The summed E-state index contributed by atoms with van der Waals surface area (Å²) in [7, 11) is -3.65. The molecular formula is C32H39Cl2N3O4S. The molecular weight excluding hydrogens is 593 g/mol. The molecule has 0 unspecified atom stereocenters. The van der Waals surface area contributed by atoms with Crippen molar-refractivity contribution in [1.82, 2.24) is 10.2 Å². The second-order valence-corrected chi connectivity index (χ2v) is 13.2. The Morgan fingerprint density at radius 2 is 1.57 bits per heavy atom. The van der Waals surface area contributed by atoms with Crippen molar-refractivity contribution in [2.75, 3.05) is 17.1 Å². The van der Waals surface area contributed by atoms with Crippen molar-refractivity contribution in [3.05, 3.63) is 99.5 Å². The molecule has 0 heterocycles. The molecule has 2 amide bonds. The molecule has 7 nitrogen and oxygen atoms in total. The summed E-state index contributed by atoms with van der Waals surface area (Å²) in [6.07, 6.45) is 2.46. The van der Waals surface area contributed by atoms with Gasteiger partial charge in [0.1, 0.15) is 6.04 Å². The lowest BCUT2D eigenvalue weighted by atomic mass is 10.0. The molecule has 3 aromatic carbocycles. The van der Waals surface area contributed by atoms with Crippen molar-refractivity contribution in [2.24, 2.45) is 0 Å². The minimum absolute atomic E-state index is 0.0258. The Balaban J connectivity index is 1.92. The summed E-state index contributed by atoms with van der Waals surface area (Å²) in [6, 6.07) is 21.0. The quantitative estimate of drug-likeness (QED) is 0.223. The van der Waals surface area contributed by atoms with Gasteiger partial charge >= 0.3 is 0 Å². The van der Waals surface area contributed by atoms with Gasteiger partial charge in [-0.05, 0) is 61.6 Å². The van der Waals surface area contributed by atoms with Crippen molar-refractivity contribution in [3.8, 4) is 0 Å². The Bertz CT molecular complexity index is 1470. The number of carbonyl (C=O) groups is 2. The van der Waals surface area contributed by atoms with E-state index in [1.54, 1.807) is 36.1 Å². The number of nitrogens with one attached hydrogen (secondary N) is 1. The largest absolute Gasteiger partial charge is 0.352 e. The fourth-order valence-corrected chi connectivity index (χ4v) is 6.03. The van der Waals surface area contributed by atoms with Crippen LogP contribution >= 0.6 is 23.2 Å². The highest BCUT2D eigenvalue weighted by Crippen LogP contribution is 2.29. The van der Waals surface area contributed by atoms with Crippen LogP contribution in [-0.2, 0) is 32.6 Å². The number of halogens is 2. The van der Waals surface area contributed by atoms with Crippen LogP contribution in [0.4, 0.5) is 5.69 Å². The van der Waals surface area contributed by atoms with Crippen molar-refractivity contribution in [2.45, 2.75) is 65.1 Å². The standard InChI is InChI=1S/C32H39Cl2N3O4S/c1-5-23(2)35-32(39)30(21-25-13-7-6-8-14-25)36(22-26-15-9-10-16-28(26)34)31(38)19-12-20-37(42(4,40)41)29-18-11-17-27(33)24(29)3/h6-11,13-18,23,30H,5,12,19-22H2,1-4H3,(H,35,39)/t23-,30-/m1/s1. The van der Waals surface area contributed by atoms with Crippen LogP contribution in [0.5, 0.6) is 0 Å². The van der Waals surface area contributed by atoms with E-state index in [1.807, 2.05) is 62.4 Å². The monoisotopic (exact) mass is 631 g/mol.